The van der Waals surface area contributed by atoms with Crippen LogP contribution in [0.1, 0.15) is 56.5 Å². The number of aromatic nitrogens is 1. The molecule has 0 saturated carbocycles. The molecule has 4 nitrogen and oxygen atoms in total. The summed E-state index contributed by atoms with van der Waals surface area (Å²) in [5.41, 5.74) is 1.89. The minimum absolute atomic E-state index is 0.0755. The second-order valence-electron chi connectivity index (χ2n) is 8.11. The summed E-state index contributed by atoms with van der Waals surface area (Å²) >= 11 is 1.52. The van der Waals surface area contributed by atoms with E-state index in [4.69, 9.17) is 0 Å². The molecule has 2 aromatic rings. The zero-order chi connectivity index (χ0) is 20.5. The molecule has 1 aromatic heterocycles. The van der Waals surface area contributed by atoms with E-state index in [0.29, 0.717) is 17.4 Å². The Kier molecular flexibility index (Phi) is 8.84. The van der Waals surface area contributed by atoms with Crippen LogP contribution in [-0.4, -0.2) is 28.9 Å². The lowest BCUT2D eigenvalue weighted by Gasteiger charge is -2.24. The third kappa shape index (κ3) is 7.55. The lowest BCUT2D eigenvalue weighted by atomic mass is 10.1. The second-order valence-corrected chi connectivity index (χ2v) is 8.99. The van der Waals surface area contributed by atoms with E-state index in [0.717, 1.165) is 36.6 Å². The number of benzene rings is 1. The molecular formula is C23H33N3OS. The number of carbonyl (C=O) groups excluding carboxylic acids is 1. The molecule has 0 bridgehead atoms. The number of rotatable bonds is 10. The normalized spacial score (nSPS) is 11.1. The predicted molar refractivity (Wildman–Crippen MR) is 120 cm³/mol. The van der Waals surface area contributed by atoms with Crippen LogP contribution in [0, 0.1) is 18.8 Å². The maximum absolute atomic E-state index is 13.0. The highest BCUT2D eigenvalue weighted by atomic mass is 32.2. The van der Waals surface area contributed by atoms with Crippen molar-refractivity contribution >= 4 is 23.7 Å². The van der Waals surface area contributed by atoms with Gasteiger partial charge in [0, 0.05) is 24.2 Å². The molecule has 1 amide bonds. The van der Waals surface area contributed by atoms with Gasteiger partial charge in [0.1, 0.15) is 5.82 Å². The van der Waals surface area contributed by atoms with Crippen LogP contribution in [0.2, 0.25) is 0 Å². The lowest BCUT2D eigenvalue weighted by molar-refractivity contribution is 0.0740. The van der Waals surface area contributed by atoms with Crippen molar-refractivity contribution in [2.45, 2.75) is 52.4 Å². The van der Waals surface area contributed by atoms with Crippen LogP contribution in [0.5, 0.6) is 0 Å². The quantitative estimate of drug-likeness (QED) is 0.494. The largest absolute Gasteiger partial charge is 0.339 e. The summed E-state index contributed by atoms with van der Waals surface area (Å²) < 4.78 is 3.24. The summed E-state index contributed by atoms with van der Waals surface area (Å²) in [6.45, 7) is 12.4. The molecule has 0 saturated heterocycles. The Balaban J connectivity index is 1.97. The van der Waals surface area contributed by atoms with E-state index < -0.39 is 0 Å². The van der Waals surface area contributed by atoms with E-state index >= 15 is 0 Å². The fourth-order valence-corrected chi connectivity index (χ4v) is 3.24. The third-order valence-corrected chi connectivity index (χ3v) is 5.36. The minimum atomic E-state index is 0.0755. The Hall–Kier alpha value is -2.01. The fourth-order valence-electron chi connectivity index (χ4n) is 2.62. The van der Waals surface area contributed by atoms with Crippen LogP contribution in [0.4, 0.5) is 5.82 Å². The Labute approximate surface area is 174 Å². The van der Waals surface area contributed by atoms with Crippen molar-refractivity contribution in [1.29, 1.82) is 0 Å². The molecule has 0 unspecified atom stereocenters. The molecule has 0 aliphatic heterocycles. The molecule has 2 rings (SSSR count). The average molecular weight is 400 g/mol. The van der Waals surface area contributed by atoms with Gasteiger partial charge in [0.05, 0.1) is 5.56 Å². The first-order valence-corrected chi connectivity index (χ1v) is 10.9. The van der Waals surface area contributed by atoms with Crippen LogP contribution in [0.25, 0.3) is 0 Å². The number of anilines is 1. The molecule has 0 atom stereocenters. The van der Waals surface area contributed by atoms with Gasteiger partial charge in [-0.1, -0.05) is 45.4 Å². The highest BCUT2D eigenvalue weighted by molar-refractivity contribution is 8.00. The molecule has 0 fully saturated rings. The summed E-state index contributed by atoms with van der Waals surface area (Å²) in [5.74, 6) is 1.99. The number of aryl methyl sites for hydroxylation is 1. The van der Waals surface area contributed by atoms with Gasteiger partial charge in [-0.25, -0.2) is 4.98 Å². The van der Waals surface area contributed by atoms with Gasteiger partial charge in [-0.15, -0.1) is 0 Å². The number of hydrogen-bond donors (Lipinski definition) is 1. The van der Waals surface area contributed by atoms with E-state index in [1.54, 1.807) is 6.20 Å². The van der Waals surface area contributed by atoms with Gasteiger partial charge in [-0.05, 0) is 67.8 Å². The molecule has 1 aromatic carbocycles. The smallest absolute Gasteiger partial charge is 0.255 e. The molecule has 1 heterocycles. The maximum Gasteiger partial charge on any atom is 0.255 e. The first-order valence-electron chi connectivity index (χ1n) is 10.1. The van der Waals surface area contributed by atoms with E-state index in [9.17, 15) is 4.79 Å². The summed E-state index contributed by atoms with van der Waals surface area (Å²) in [7, 11) is 0. The number of amides is 1. The van der Waals surface area contributed by atoms with E-state index in [-0.39, 0.29) is 5.91 Å². The maximum atomic E-state index is 13.0. The molecule has 0 aliphatic rings. The second kappa shape index (κ2) is 11.1. The Morgan fingerprint density at radius 2 is 1.61 bits per heavy atom. The van der Waals surface area contributed by atoms with Crippen molar-refractivity contribution in [3.8, 4) is 0 Å². The van der Waals surface area contributed by atoms with Gasteiger partial charge in [-0.2, -0.15) is 0 Å². The highest BCUT2D eigenvalue weighted by Crippen LogP contribution is 2.20. The third-order valence-electron chi connectivity index (χ3n) is 4.54. The topological polar surface area (TPSA) is 45.2 Å². The minimum Gasteiger partial charge on any atom is -0.339 e. The number of carbonyl (C=O) groups is 1. The van der Waals surface area contributed by atoms with Crippen LogP contribution >= 0.6 is 11.9 Å². The first-order chi connectivity index (χ1) is 13.3. The number of nitrogens with zero attached hydrogens (tertiary/aromatic N) is 2. The van der Waals surface area contributed by atoms with Gasteiger partial charge < -0.3 is 9.62 Å². The highest BCUT2D eigenvalue weighted by Gasteiger charge is 2.17. The van der Waals surface area contributed by atoms with Gasteiger partial charge >= 0.3 is 0 Å². The van der Waals surface area contributed by atoms with Crippen molar-refractivity contribution in [3.63, 3.8) is 0 Å². The standard InChI is InChI=1S/C23H33N3OS/c1-17(2)12-14-26(15-13-18(3)4)23(27)20-8-11-22(24-16-20)25-28-21-9-6-19(5)7-10-21/h6-11,16-18H,12-15H2,1-5H3,(H,24,25). The number of hydrogen-bond acceptors (Lipinski definition) is 4. The summed E-state index contributed by atoms with van der Waals surface area (Å²) in [4.78, 5) is 20.5. The summed E-state index contributed by atoms with van der Waals surface area (Å²) in [6, 6.07) is 12.1. The summed E-state index contributed by atoms with van der Waals surface area (Å²) in [5, 5.41) is 0. The lowest BCUT2D eigenvalue weighted by Crippen LogP contribution is -2.34. The zero-order valence-corrected chi connectivity index (χ0v) is 18.6. The van der Waals surface area contributed by atoms with Crippen molar-refractivity contribution in [1.82, 2.24) is 9.88 Å². The summed E-state index contributed by atoms with van der Waals surface area (Å²) in [6.07, 6.45) is 3.71. The van der Waals surface area contributed by atoms with Crippen molar-refractivity contribution in [2.24, 2.45) is 11.8 Å². The van der Waals surface area contributed by atoms with Crippen molar-refractivity contribution < 1.29 is 4.79 Å². The molecular weight excluding hydrogens is 366 g/mol. The van der Waals surface area contributed by atoms with Crippen molar-refractivity contribution in [2.75, 3.05) is 17.8 Å². The van der Waals surface area contributed by atoms with E-state index in [2.05, 4.69) is 68.6 Å². The first kappa shape index (κ1) is 22.3. The van der Waals surface area contributed by atoms with Gasteiger partial charge in [0.25, 0.3) is 5.91 Å². The Morgan fingerprint density at radius 3 is 2.11 bits per heavy atom. The van der Waals surface area contributed by atoms with Crippen LogP contribution in [0.3, 0.4) is 0 Å². The SMILES string of the molecule is Cc1ccc(SNc2ccc(C(=O)N(CCC(C)C)CCC(C)C)cn2)cc1. The molecule has 0 aliphatic carbocycles. The Morgan fingerprint density at radius 1 is 1.00 bits per heavy atom. The van der Waals surface area contributed by atoms with Crippen LogP contribution in [0.15, 0.2) is 47.5 Å². The Bertz CT molecular complexity index is 715. The average Bonchev–Trinajstić information content (AvgIpc) is 2.67. The van der Waals surface area contributed by atoms with Gasteiger partial charge in [0.15, 0.2) is 0 Å². The molecule has 28 heavy (non-hydrogen) atoms. The van der Waals surface area contributed by atoms with E-state index in [1.807, 2.05) is 17.0 Å². The van der Waals surface area contributed by atoms with Crippen LogP contribution < -0.4 is 4.72 Å². The molecule has 0 radical (unpaired) electrons. The van der Waals surface area contributed by atoms with Gasteiger partial charge in [0.2, 0.25) is 0 Å². The molecule has 5 heteroatoms. The predicted octanol–water partition coefficient (Wildman–Crippen LogP) is 6.04. The van der Waals surface area contributed by atoms with Crippen LogP contribution in [-0.2, 0) is 0 Å². The number of nitrogens with one attached hydrogen (secondary N) is 1. The van der Waals surface area contributed by atoms with Gasteiger partial charge in [-0.3, -0.25) is 4.79 Å². The fraction of sp³-hybridized carbons (Fsp3) is 0.478. The van der Waals surface area contributed by atoms with Crippen molar-refractivity contribution in [3.05, 3.63) is 53.7 Å². The zero-order valence-electron chi connectivity index (χ0n) is 17.7. The number of pyridine rings is 1. The molecule has 1 N–H and O–H groups in total. The molecule has 0 spiro atoms. The monoisotopic (exact) mass is 399 g/mol. The molecule has 152 valence electrons. The van der Waals surface area contributed by atoms with E-state index in [1.165, 1.54) is 17.5 Å².